The minimum Gasteiger partial charge on any atom is -0.385 e. The summed E-state index contributed by atoms with van der Waals surface area (Å²) in [6.45, 7) is 5.86. The maximum Gasteiger partial charge on any atom is 0.238 e. The minimum atomic E-state index is -0.922. The Hall–Kier alpha value is -3.28. The van der Waals surface area contributed by atoms with Crippen LogP contribution in [0.5, 0.6) is 0 Å². The highest BCUT2D eigenvalue weighted by molar-refractivity contribution is 8.01. The number of carbonyl (C=O) groups excluding carboxylic acids is 3. The molecule has 1 aliphatic rings. The molecule has 0 spiro atoms. The molecule has 3 atom stereocenters. The van der Waals surface area contributed by atoms with Crippen LogP contribution < -0.4 is 16.0 Å². The van der Waals surface area contributed by atoms with Gasteiger partial charge in [-0.25, -0.2) is 0 Å². The third kappa shape index (κ3) is 8.46. The number of carbonyl (C=O) groups is 3. The lowest BCUT2D eigenvalue weighted by molar-refractivity contribution is -0.131. The van der Waals surface area contributed by atoms with Crippen LogP contribution >= 0.6 is 11.8 Å². The second-order valence-electron chi connectivity index (χ2n) is 8.17. The topological polar surface area (TPSA) is 141 Å². The molecule has 3 unspecified atom stereocenters. The Morgan fingerprint density at radius 2 is 2.00 bits per heavy atom. The van der Waals surface area contributed by atoms with Crippen LogP contribution in [0, 0.1) is 28.6 Å². The van der Waals surface area contributed by atoms with E-state index in [4.69, 9.17) is 5.26 Å². The SMILES string of the molecule is CCN(C)CC(=O)Nc1cccc(NCCC2SC(CC(C#N)C(=O)NCC#N)N(CC)C2=O)c1. The van der Waals surface area contributed by atoms with Gasteiger partial charge in [0.25, 0.3) is 0 Å². The third-order valence-electron chi connectivity index (χ3n) is 5.65. The average molecular weight is 500 g/mol. The van der Waals surface area contributed by atoms with Gasteiger partial charge in [-0.2, -0.15) is 10.5 Å². The highest BCUT2D eigenvalue weighted by atomic mass is 32.2. The van der Waals surface area contributed by atoms with E-state index in [1.165, 1.54) is 11.8 Å². The molecule has 1 fully saturated rings. The second kappa shape index (κ2) is 14.2. The molecule has 188 valence electrons. The molecular formula is C24H33N7O3S. The summed E-state index contributed by atoms with van der Waals surface area (Å²) in [5.41, 5.74) is 1.54. The fraction of sp³-hybridized carbons (Fsp3) is 0.542. The summed E-state index contributed by atoms with van der Waals surface area (Å²) in [6, 6.07) is 11.2. The van der Waals surface area contributed by atoms with Gasteiger partial charge in [0, 0.05) is 30.9 Å². The average Bonchev–Trinajstić information content (AvgIpc) is 3.14. The van der Waals surface area contributed by atoms with Crippen molar-refractivity contribution in [2.75, 3.05) is 50.4 Å². The van der Waals surface area contributed by atoms with Gasteiger partial charge >= 0.3 is 0 Å². The lowest BCUT2D eigenvalue weighted by Gasteiger charge is -2.23. The van der Waals surface area contributed by atoms with E-state index in [9.17, 15) is 19.6 Å². The van der Waals surface area contributed by atoms with Crippen molar-refractivity contribution in [2.45, 2.75) is 37.3 Å². The fourth-order valence-corrected chi connectivity index (χ4v) is 5.25. The summed E-state index contributed by atoms with van der Waals surface area (Å²) in [5.74, 6) is -1.49. The molecule has 10 nitrogen and oxygen atoms in total. The lowest BCUT2D eigenvalue weighted by Crippen LogP contribution is -2.38. The van der Waals surface area contributed by atoms with Crippen molar-refractivity contribution >= 4 is 40.9 Å². The molecule has 3 amide bonds. The molecule has 1 saturated heterocycles. The Kier molecular flexibility index (Phi) is 11.3. The molecule has 3 N–H and O–H groups in total. The first-order chi connectivity index (χ1) is 16.8. The standard InChI is InChI=1S/C24H33N7O3S/c1-4-30(3)16-21(32)29-19-8-6-7-18(14-19)27-11-9-20-24(34)31(5-2)22(35-20)13-17(15-26)23(33)28-12-10-25/h6-8,14,17,20,22,27H,4-5,9,11-13,16H2,1-3H3,(H,28,33)(H,29,32). The van der Waals surface area contributed by atoms with Crippen molar-refractivity contribution in [1.82, 2.24) is 15.1 Å². The quantitative estimate of drug-likeness (QED) is 0.349. The number of likely N-dealkylation sites (N-methyl/N-ethyl adjacent to an activating group) is 1. The highest BCUT2D eigenvalue weighted by Gasteiger charge is 2.40. The Labute approximate surface area is 211 Å². The summed E-state index contributed by atoms with van der Waals surface area (Å²) in [7, 11) is 1.88. The molecular weight excluding hydrogens is 466 g/mol. The lowest BCUT2D eigenvalue weighted by atomic mass is 10.1. The van der Waals surface area contributed by atoms with Gasteiger partial charge in [-0.3, -0.25) is 19.3 Å². The number of anilines is 2. The molecule has 0 aliphatic carbocycles. The van der Waals surface area contributed by atoms with E-state index < -0.39 is 11.8 Å². The van der Waals surface area contributed by atoms with Crippen molar-refractivity contribution in [3.8, 4) is 12.1 Å². The number of nitriles is 2. The maximum atomic E-state index is 12.9. The number of benzene rings is 1. The summed E-state index contributed by atoms with van der Waals surface area (Å²) in [4.78, 5) is 40.8. The highest BCUT2D eigenvalue weighted by Crippen LogP contribution is 2.37. The molecule has 1 aromatic carbocycles. The predicted octanol–water partition coefficient (Wildman–Crippen LogP) is 1.84. The van der Waals surface area contributed by atoms with Gasteiger partial charge in [0.2, 0.25) is 17.7 Å². The summed E-state index contributed by atoms with van der Waals surface area (Å²) >= 11 is 1.47. The van der Waals surface area contributed by atoms with Crippen LogP contribution in [0.2, 0.25) is 0 Å². The van der Waals surface area contributed by atoms with E-state index in [2.05, 4.69) is 16.0 Å². The minimum absolute atomic E-state index is 0.000481. The van der Waals surface area contributed by atoms with Gasteiger partial charge in [-0.1, -0.05) is 13.0 Å². The van der Waals surface area contributed by atoms with Gasteiger partial charge in [0.1, 0.15) is 12.5 Å². The molecule has 2 rings (SSSR count). The normalized spacial score (nSPS) is 18.0. The Bertz CT molecular complexity index is 975. The second-order valence-corrected chi connectivity index (χ2v) is 9.56. The van der Waals surface area contributed by atoms with E-state index in [-0.39, 0.29) is 35.4 Å². The van der Waals surface area contributed by atoms with Crippen molar-refractivity contribution in [3.63, 3.8) is 0 Å². The largest absolute Gasteiger partial charge is 0.385 e. The zero-order valence-electron chi connectivity index (χ0n) is 20.4. The zero-order valence-corrected chi connectivity index (χ0v) is 21.2. The molecule has 35 heavy (non-hydrogen) atoms. The van der Waals surface area contributed by atoms with Crippen LogP contribution in [0.3, 0.4) is 0 Å². The van der Waals surface area contributed by atoms with E-state index in [0.29, 0.717) is 31.7 Å². The Morgan fingerprint density at radius 3 is 2.66 bits per heavy atom. The Balaban J connectivity index is 1.90. The first-order valence-corrected chi connectivity index (χ1v) is 12.6. The number of hydrogen-bond donors (Lipinski definition) is 3. The maximum absolute atomic E-state index is 12.9. The van der Waals surface area contributed by atoms with E-state index in [1.54, 1.807) is 4.90 Å². The van der Waals surface area contributed by atoms with Crippen molar-refractivity contribution in [1.29, 1.82) is 10.5 Å². The van der Waals surface area contributed by atoms with E-state index in [0.717, 1.165) is 12.2 Å². The number of hydrogen-bond acceptors (Lipinski definition) is 8. The van der Waals surface area contributed by atoms with Crippen LogP contribution in [0.4, 0.5) is 11.4 Å². The molecule has 0 bridgehead atoms. The molecule has 0 aromatic heterocycles. The van der Waals surface area contributed by atoms with E-state index >= 15 is 0 Å². The van der Waals surface area contributed by atoms with E-state index in [1.807, 2.05) is 62.2 Å². The van der Waals surface area contributed by atoms with Crippen molar-refractivity contribution < 1.29 is 14.4 Å². The number of nitrogens with one attached hydrogen (secondary N) is 3. The molecule has 11 heteroatoms. The number of rotatable bonds is 13. The first-order valence-electron chi connectivity index (χ1n) is 11.6. The van der Waals surface area contributed by atoms with Crippen LogP contribution in [0.25, 0.3) is 0 Å². The number of amides is 3. The number of nitrogens with zero attached hydrogens (tertiary/aromatic N) is 4. The van der Waals surface area contributed by atoms with Crippen LogP contribution in [-0.4, -0.2) is 77.9 Å². The van der Waals surface area contributed by atoms with Gasteiger partial charge in [0.15, 0.2) is 0 Å². The monoisotopic (exact) mass is 499 g/mol. The predicted molar refractivity (Wildman–Crippen MR) is 136 cm³/mol. The van der Waals surface area contributed by atoms with Gasteiger partial charge < -0.3 is 20.9 Å². The van der Waals surface area contributed by atoms with Gasteiger partial charge in [-0.15, -0.1) is 11.8 Å². The van der Waals surface area contributed by atoms with Crippen molar-refractivity contribution in [3.05, 3.63) is 24.3 Å². The molecule has 0 radical (unpaired) electrons. The summed E-state index contributed by atoms with van der Waals surface area (Å²) in [5, 5.41) is 26.1. The molecule has 1 aliphatic heterocycles. The molecule has 1 heterocycles. The smallest absolute Gasteiger partial charge is 0.238 e. The number of thioether (sulfide) groups is 1. The van der Waals surface area contributed by atoms with Gasteiger partial charge in [-0.05, 0) is 45.1 Å². The fourth-order valence-electron chi connectivity index (χ4n) is 3.66. The summed E-state index contributed by atoms with van der Waals surface area (Å²) < 4.78 is 0. The summed E-state index contributed by atoms with van der Waals surface area (Å²) in [6.07, 6.45) is 0.795. The van der Waals surface area contributed by atoms with Crippen LogP contribution in [0.1, 0.15) is 26.7 Å². The Morgan fingerprint density at radius 1 is 1.26 bits per heavy atom. The molecule has 1 aromatic rings. The third-order valence-corrected chi connectivity index (χ3v) is 7.18. The molecule has 0 saturated carbocycles. The van der Waals surface area contributed by atoms with Crippen LogP contribution in [-0.2, 0) is 14.4 Å². The van der Waals surface area contributed by atoms with Gasteiger partial charge in [0.05, 0.1) is 29.3 Å². The van der Waals surface area contributed by atoms with Crippen LogP contribution in [0.15, 0.2) is 24.3 Å². The first kappa shape index (κ1) is 28.0. The zero-order chi connectivity index (χ0) is 25.8. The van der Waals surface area contributed by atoms with Crippen molar-refractivity contribution in [2.24, 2.45) is 5.92 Å².